The summed E-state index contributed by atoms with van der Waals surface area (Å²) in [4.78, 5) is 28.4. The van der Waals surface area contributed by atoms with Crippen molar-refractivity contribution >= 4 is 11.8 Å². The summed E-state index contributed by atoms with van der Waals surface area (Å²) in [5.41, 5.74) is 3.74. The number of ether oxygens (including phenoxy) is 1. The lowest BCUT2D eigenvalue weighted by atomic mass is 10.1. The quantitative estimate of drug-likeness (QED) is 0.473. The van der Waals surface area contributed by atoms with Gasteiger partial charge in [0.05, 0.1) is 13.5 Å². The van der Waals surface area contributed by atoms with Crippen molar-refractivity contribution in [1.82, 2.24) is 15.3 Å². The van der Waals surface area contributed by atoms with Crippen molar-refractivity contribution in [3.05, 3.63) is 65.2 Å². The number of nitrogens with one attached hydrogen (secondary N) is 1. The molecule has 0 atom stereocenters. The highest BCUT2D eigenvalue weighted by Gasteiger charge is 2.17. The van der Waals surface area contributed by atoms with Gasteiger partial charge in [-0.25, -0.2) is 5.48 Å². The van der Waals surface area contributed by atoms with E-state index in [1.165, 1.54) is 0 Å². The lowest BCUT2D eigenvalue weighted by Crippen LogP contribution is -2.34. The molecule has 0 aliphatic heterocycles. The Morgan fingerprint density at radius 2 is 1.72 bits per heavy atom. The van der Waals surface area contributed by atoms with Crippen molar-refractivity contribution in [3.8, 4) is 5.75 Å². The molecule has 2 aromatic rings. The Labute approximate surface area is 171 Å². The number of rotatable bonds is 10. The molecule has 0 spiro atoms. The summed E-state index contributed by atoms with van der Waals surface area (Å²) in [6.45, 7) is 1.96. The molecule has 0 aliphatic carbocycles. The molecular weight excluding hydrogens is 370 g/mol. The first-order chi connectivity index (χ1) is 13.9. The van der Waals surface area contributed by atoms with Crippen LogP contribution < -0.4 is 10.2 Å². The van der Waals surface area contributed by atoms with Crippen LogP contribution in [0.5, 0.6) is 5.75 Å². The standard InChI is InChI=1S/C22H29N3O4/c1-24(2)13-6-14-25(16-17-9-11-18(12-10-17)22(27)23-28)21(26)15-19-7-4-5-8-20(19)29-3/h4-5,7-12,28H,6,13-16H2,1-3H3,(H,23,27). The van der Waals surface area contributed by atoms with Gasteiger partial charge in [0.15, 0.2) is 0 Å². The predicted molar refractivity (Wildman–Crippen MR) is 111 cm³/mol. The van der Waals surface area contributed by atoms with Crippen LogP contribution in [0, 0.1) is 0 Å². The monoisotopic (exact) mass is 399 g/mol. The minimum absolute atomic E-state index is 0.0189. The van der Waals surface area contributed by atoms with Gasteiger partial charge >= 0.3 is 0 Å². The molecule has 0 saturated carbocycles. The molecule has 7 nitrogen and oxygen atoms in total. The second-order valence-corrected chi connectivity index (χ2v) is 7.10. The Hall–Kier alpha value is -2.90. The third-order valence-corrected chi connectivity index (χ3v) is 4.61. The van der Waals surface area contributed by atoms with Crippen LogP contribution in [0.4, 0.5) is 0 Å². The molecule has 29 heavy (non-hydrogen) atoms. The van der Waals surface area contributed by atoms with E-state index in [9.17, 15) is 9.59 Å². The molecule has 0 unspecified atom stereocenters. The van der Waals surface area contributed by atoms with Crippen LogP contribution in [-0.2, 0) is 17.8 Å². The van der Waals surface area contributed by atoms with E-state index in [4.69, 9.17) is 9.94 Å². The Bertz CT molecular complexity index is 806. The summed E-state index contributed by atoms with van der Waals surface area (Å²) < 4.78 is 5.37. The van der Waals surface area contributed by atoms with E-state index in [0.717, 1.165) is 24.1 Å². The van der Waals surface area contributed by atoms with Gasteiger partial charge in [-0.2, -0.15) is 0 Å². The molecule has 2 amide bonds. The van der Waals surface area contributed by atoms with Crippen LogP contribution in [0.1, 0.15) is 27.9 Å². The average Bonchev–Trinajstić information content (AvgIpc) is 2.73. The van der Waals surface area contributed by atoms with Crippen molar-refractivity contribution in [3.63, 3.8) is 0 Å². The highest BCUT2D eigenvalue weighted by atomic mass is 16.5. The maximum Gasteiger partial charge on any atom is 0.274 e. The zero-order valence-electron chi connectivity index (χ0n) is 17.2. The number of nitrogens with zero attached hydrogens (tertiary/aromatic N) is 2. The van der Waals surface area contributed by atoms with Crippen molar-refractivity contribution in [2.45, 2.75) is 19.4 Å². The van der Waals surface area contributed by atoms with Crippen LogP contribution in [-0.4, -0.2) is 61.1 Å². The second-order valence-electron chi connectivity index (χ2n) is 7.10. The maximum absolute atomic E-state index is 13.0. The first kappa shape index (κ1) is 22.4. The van der Waals surface area contributed by atoms with Gasteiger partial charge < -0.3 is 14.5 Å². The zero-order chi connectivity index (χ0) is 21.2. The van der Waals surface area contributed by atoms with Crippen molar-refractivity contribution in [2.24, 2.45) is 0 Å². The molecule has 2 aromatic carbocycles. The predicted octanol–water partition coefficient (Wildman–Crippen LogP) is 2.34. The molecule has 2 N–H and O–H groups in total. The van der Waals surface area contributed by atoms with Gasteiger partial charge in [-0.1, -0.05) is 30.3 Å². The molecule has 7 heteroatoms. The van der Waals surface area contributed by atoms with E-state index < -0.39 is 5.91 Å². The summed E-state index contributed by atoms with van der Waals surface area (Å²) in [5.74, 6) is 0.158. The van der Waals surface area contributed by atoms with Gasteiger partial charge in [0.1, 0.15) is 5.75 Å². The fraction of sp³-hybridized carbons (Fsp3) is 0.364. The number of carbonyl (C=O) groups is 2. The number of benzene rings is 2. The molecule has 0 aliphatic rings. The number of hydroxylamine groups is 1. The number of hydrogen-bond donors (Lipinski definition) is 2. The molecule has 156 valence electrons. The largest absolute Gasteiger partial charge is 0.496 e. The number of amides is 2. The lowest BCUT2D eigenvalue weighted by molar-refractivity contribution is -0.131. The van der Waals surface area contributed by atoms with E-state index in [1.54, 1.807) is 36.9 Å². The highest BCUT2D eigenvalue weighted by molar-refractivity contribution is 5.93. The minimum Gasteiger partial charge on any atom is -0.496 e. The molecule has 0 saturated heterocycles. The number of hydrogen-bond acceptors (Lipinski definition) is 5. The summed E-state index contributed by atoms with van der Waals surface area (Å²) >= 11 is 0. The van der Waals surface area contributed by atoms with E-state index in [1.807, 2.05) is 43.3 Å². The Balaban J connectivity index is 2.12. The Morgan fingerprint density at radius 1 is 1.03 bits per heavy atom. The average molecular weight is 399 g/mol. The third-order valence-electron chi connectivity index (χ3n) is 4.61. The third kappa shape index (κ3) is 6.89. The fourth-order valence-corrected chi connectivity index (χ4v) is 3.04. The highest BCUT2D eigenvalue weighted by Crippen LogP contribution is 2.19. The van der Waals surface area contributed by atoms with Crippen molar-refractivity contribution in [2.75, 3.05) is 34.3 Å². The Morgan fingerprint density at radius 3 is 2.34 bits per heavy atom. The SMILES string of the molecule is COc1ccccc1CC(=O)N(CCCN(C)C)Cc1ccc(C(=O)NO)cc1. The van der Waals surface area contributed by atoms with Gasteiger partial charge in [-0.3, -0.25) is 14.8 Å². The molecular formula is C22H29N3O4. The van der Waals surface area contributed by atoms with Gasteiger partial charge in [-0.15, -0.1) is 0 Å². The number of para-hydroxylation sites is 1. The van der Waals surface area contributed by atoms with E-state index in [-0.39, 0.29) is 12.3 Å². The summed E-state index contributed by atoms with van der Waals surface area (Å²) in [7, 11) is 5.61. The van der Waals surface area contributed by atoms with Gasteiger partial charge in [0, 0.05) is 24.2 Å². The van der Waals surface area contributed by atoms with Crippen LogP contribution in [0.3, 0.4) is 0 Å². The smallest absolute Gasteiger partial charge is 0.274 e. The van der Waals surface area contributed by atoms with Crippen LogP contribution in [0.25, 0.3) is 0 Å². The van der Waals surface area contributed by atoms with E-state index >= 15 is 0 Å². The van der Waals surface area contributed by atoms with E-state index in [0.29, 0.717) is 24.4 Å². The van der Waals surface area contributed by atoms with Crippen molar-refractivity contribution < 1.29 is 19.5 Å². The molecule has 0 radical (unpaired) electrons. The minimum atomic E-state index is -0.563. The number of carbonyl (C=O) groups excluding carboxylic acids is 2. The van der Waals surface area contributed by atoms with Crippen molar-refractivity contribution in [1.29, 1.82) is 0 Å². The molecule has 0 fully saturated rings. The van der Waals surface area contributed by atoms with Crippen LogP contribution in [0.2, 0.25) is 0 Å². The molecule has 0 heterocycles. The van der Waals surface area contributed by atoms with Gasteiger partial charge in [0.2, 0.25) is 5.91 Å². The lowest BCUT2D eigenvalue weighted by Gasteiger charge is -2.24. The van der Waals surface area contributed by atoms with Gasteiger partial charge in [0.25, 0.3) is 5.91 Å². The fourth-order valence-electron chi connectivity index (χ4n) is 3.04. The normalized spacial score (nSPS) is 10.7. The maximum atomic E-state index is 13.0. The second kappa shape index (κ2) is 11.2. The molecule has 2 rings (SSSR count). The summed E-state index contributed by atoms with van der Waals surface area (Å²) in [6.07, 6.45) is 1.12. The Kier molecular flexibility index (Phi) is 8.64. The van der Waals surface area contributed by atoms with Crippen LogP contribution >= 0.6 is 0 Å². The number of methoxy groups -OCH3 is 1. The summed E-state index contributed by atoms with van der Waals surface area (Å²) in [6, 6.07) is 14.4. The summed E-state index contributed by atoms with van der Waals surface area (Å²) in [5, 5.41) is 8.73. The zero-order valence-corrected chi connectivity index (χ0v) is 17.2. The first-order valence-corrected chi connectivity index (χ1v) is 9.52. The van der Waals surface area contributed by atoms with Gasteiger partial charge in [-0.05, 0) is 50.8 Å². The molecule has 0 bridgehead atoms. The first-order valence-electron chi connectivity index (χ1n) is 9.52. The molecule has 0 aromatic heterocycles. The topological polar surface area (TPSA) is 82.1 Å². The van der Waals surface area contributed by atoms with Crippen LogP contribution in [0.15, 0.2) is 48.5 Å². The van der Waals surface area contributed by atoms with E-state index in [2.05, 4.69) is 4.90 Å².